The first-order valence-corrected chi connectivity index (χ1v) is 9.21. The second-order valence-corrected chi connectivity index (χ2v) is 6.79. The number of benzene rings is 2. The number of carbonyl (C=O) groups excluding carboxylic acids is 1. The standard InChI is InChI=1S/C20H24ClN3O2/c1-15(16-2-4-17(21)5-3-16)22-14-20(25)23-18-6-8-19(9-7-18)24-10-12-26-13-11-24/h2-9,15,22H,10-14H2,1H3,(H,23,25)/t15-/m0/s1. The van der Waals surface area contributed by atoms with Gasteiger partial charge in [-0.25, -0.2) is 0 Å². The van der Waals surface area contributed by atoms with Gasteiger partial charge >= 0.3 is 0 Å². The van der Waals surface area contributed by atoms with E-state index in [1.807, 2.05) is 55.5 Å². The van der Waals surface area contributed by atoms with Crippen LogP contribution < -0.4 is 15.5 Å². The molecular weight excluding hydrogens is 350 g/mol. The molecule has 0 bridgehead atoms. The van der Waals surface area contributed by atoms with Crippen LogP contribution >= 0.6 is 11.6 Å². The first kappa shape index (κ1) is 18.7. The highest BCUT2D eigenvalue weighted by molar-refractivity contribution is 6.30. The Morgan fingerprint density at radius 2 is 1.77 bits per heavy atom. The fourth-order valence-electron chi connectivity index (χ4n) is 2.90. The van der Waals surface area contributed by atoms with Crippen molar-refractivity contribution in [2.24, 2.45) is 0 Å². The van der Waals surface area contributed by atoms with Crippen molar-refractivity contribution in [2.75, 3.05) is 43.1 Å². The number of morpholine rings is 1. The second kappa shape index (κ2) is 9.03. The number of amides is 1. The highest BCUT2D eigenvalue weighted by Crippen LogP contribution is 2.19. The summed E-state index contributed by atoms with van der Waals surface area (Å²) in [5.74, 6) is -0.0649. The van der Waals surface area contributed by atoms with Crippen molar-refractivity contribution in [1.82, 2.24) is 5.32 Å². The van der Waals surface area contributed by atoms with Gasteiger partial charge in [0.25, 0.3) is 0 Å². The van der Waals surface area contributed by atoms with Gasteiger partial charge in [-0.2, -0.15) is 0 Å². The molecule has 0 aliphatic carbocycles. The Hall–Kier alpha value is -2.08. The summed E-state index contributed by atoms with van der Waals surface area (Å²) < 4.78 is 5.37. The van der Waals surface area contributed by atoms with E-state index >= 15 is 0 Å². The molecular formula is C20H24ClN3O2. The van der Waals surface area contributed by atoms with Crippen LogP contribution in [0.2, 0.25) is 5.02 Å². The largest absolute Gasteiger partial charge is 0.378 e. The van der Waals surface area contributed by atoms with Crippen LogP contribution in [0.25, 0.3) is 0 Å². The number of carbonyl (C=O) groups is 1. The van der Waals surface area contributed by atoms with Gasteiger partial charge in [0.1, 0.15) is 0 Å². The number of nitrogens with one attached hydrogen (secondary N) is 2. The van der Waals surface area contributed by atoms with Crippen LogP contribution in [-0.4, -0.2) is 38.8 Å². The summed E-state index contributed by atoms with van der Waals surface area (Å²) in [7, 11) is 0. The first-order valence-electron chi connectivity index (χ1n) is 8.83. The maximum absolute atomic E-state index is 12.2. The topological polar surface area (TPSA) is 53.6 Å². The molecule has 1 atom stereocenters. The maximum Gasteiger partial charge on any atom is 0.238 e. The molecule has 1 heterocycles. The Morgan fingerprint density at radius 3 is 2.42 bits per heavy atom. The monoisotopic (exact) mass is 373 g/mol. The third-order valence-corrected chi connectivity index (χ3v) is 4.72. The molecule has 5 nitrogen and oxygen atoms in total. The van der Waals surface area contributed by atoms with E-state index in [0.717, 1.165) is 43.2 Å². The molecule has 3 rings (SSSR count). The maximum atomic E-state index is 12.2. The van der Waals surface area contributed by atoms with Gasteiger partial charge in [-0.1, -0.05) is 23.7 Å². The Bertz CT molecular complexity index is 713. The van der Waals surface area contributed by atoms with Gasteiger partial charge in [0.2, 0.25) is 5.91 Å². The molecule has 6 heteroatoms. The Balaban J connectivity index is 1.47. The van der Waals surface area contributed by atoms with E-state index in [-0.39, 0.29) is 18.5 Å². The lowest BCUT2D eigenvalue weighted by Crippen LogP contribution is -2.36. The molecule has 0 saturated carbocycles. The minimum absolute atomic E-state index is 0.0649. The smallest absolute Gasteiger partial charge is 0.238 e. The number of rotatable bonds is 6. The van der Waals surface area contributed by atoms with Gasteiger partial charge in [-0.15, -0.1) is 0 Å². The van der Waals surface area contributed by atoms with Crippen LogP contribution in [0.15, 0.2) is 48.5 Å². The van der Waals surface area contributed by atoms with Gasteiger partial charge in [0, 0.05) is 35.5 Å². The minimum Gasteiger partial charge on any atom is -0.378 e. The molecule has 2 aromatic carbocycles. The highest BCUT2D eigenvalue weighted by atomic mass is 35.5. The van der Waals surface area contributed by atoms with Crippen LogP contribution in [0.3, 0.4) is 0 Å². The van der Waals surface area contributed by atoms with Crippen LogP contribution in [0.5, 0.6) is 0 Å². The Morgan fingerprint density at radius 1 is 1.12 bits per heavy atom. The number of hydrogen-bond donors (Lipinski definition) is 2. The highest BCUT2D eigenvalue weighted by Gasteiger charge is 2.12. The fraction of sp³-hybridized carbons (Fsp3) is 0.350. The summed E-state index contributed by atoms with van der Waals surface area (Å²) in [6.07, 6.45) is 0. The van der Waals surface area contributed by atoms with Gasteiger partial charge in [0.05, 0.1) is 19.8 Å². The number of hydrogen-bond acceptors (Lipinski definition) is 4. The molecule has 1 fully saturated rings. The normalized spacial score (nSPS) is 15.5. The van der Waals surface area contributed by atoms with Crippen LogP contribution in [0.1, 0.15) is 18.5 Å². The van der Waals surface area contributed by atoms with Crippen molar-refractivity contribution in [2.45, 2.75) is 13.0 Å². The zero-order valence-corrected chi connectivity index (χ0v) is 15.6. The molecule has 0 spiro atoms. The number of anilines is 2. The van der Waals surface area contributed by atoms with Gasteiger partial charge in [-0.3, -0.25) is 4.79 Å². The zero-order valence-electron chi connectivity index (χ0n) is 14.9. The molecule has 1 aliphatic heterocycles. The molecule has 138 valence electrons. The molecule has 1 aliphatic rings. The van der Waals surface area contributed by atoms with Crippen molar-refractivity contribution >= 4 is 28.9 Å². The SMILES string of the molecule is C[C@H](NCC(=O)Nc1ccc(N2CCOCC2)cc1)c1ccc(Cl)cc1. The van der Waals surface area contributed by atoms with Gasteiger partial charge in [-0.05, 0) is 48.9 Å². The van der Waals surface area contributed by atoms with Crippen LogP contribution in [-0.2, 0) is 9.53 Å². The van der Waals surface area contributed by atoms with Crippen molar-refractivity contribution in [3.8, 4) is 0 Å². The van der Waals surface area contributed by atoms with Crippen LogP contribution in [0.4, 0.5) is 11.4 Å². The number of halogens is 1. The van der Waals surface area contributed by atoms with Gasteiger partial charge < -0.3 is 20.3 Å². The predicted octanol–water partition coefficient (Wildman–Crippen LogP) is 3.47. The number of ether oxygens (including phenoxy) is 1. The summed E-state index contributed by atoms with van der Waals surface area (Å²) in [5, 5.41) is 6.85. The lowest BCUT2D eigenvalue weighted by molar-refractivity contribution is -0.115. The number of nitrogens with zero attached hydrogens (tertiary/aromatic N) is 1. The predicted molar refractivity (Wildman–Crippen MR) is 106 cm³/mol. The first-order chi connectivity index (χ1) is 12.6. The van der Waals surface area contributed by atoms with Crippen molar-refractivity contribution in [3.63, 3.8) is 0 Å². The van der Waals surface area contributed by atoms with Crippen molar-refractivity contribution < 1.29 is 9.53 Å². The van der Waals surface area contributed by atoms with Crippen LogP contribution in [0, 0.1) is 0 Å². The molecule has 2 N–H and O–H groups in total. The van der Waals surface area contributed by atoms with E-state index in [2.05, 4.69) is 15.5 Å². The molecule has 1 saturated heterocycles. The average molecular weight is 374 g/mol. The second-order valence-electron chi connectivity index (χ2n) is 6.35. The zero-order chi connectivity index (χ0) is 18.4. The van der Waals surface area contributed by atoms with E-state index in [1.165, 1.54) is 0 Å². The van der Waals surface area contributed by atoms with E-state index in [4.69, 9.17) is 16.3 Å². The van der Waals surface area contributed by atoms with E-state index < -0.39 is 0 Å². The summed E-state index contributed by atoms with van der Waals surface area (Å²) in [6.45, 7) is 5.59. The summed E-state index contributed by atoms with van der Waals surface area (Å²) in [4.78, 5) is 14.4. The summed E-state index contributed by atoms with van der Waals surface area (Å²) in [5.41, 5.74) is 3.05. The van der Waals surface area contributed by atoms with Crippen molar-refractivity contribution in [1.29, 1.82) is 0 Å². The third-order valence-electron chi connectivity index (χ3n) is 4.47. The molecule has 0 unspecified atom stereocenters. The van der Waals surface area contributed by atoms with Crippen molar-refractivity contribution in [3.05, 3.63) is 59.1 Å². The molecule has 1 amide bonds. The van der Waals surface area contributed by atoms with E-state index in [0.29, 0.717) is 5.02 Å². The van der Waals surface area contributed by atoms with Gasteiger partial charge in [0.15, 0.2) is 0 Å². The molecule has 2 aromatic rings. The van der Waals surface area contributed by atoms with E-state index in [9.17, 15) is 4.79 Å². The quantitative estimate of drug-likeness (QED) is 0.814. The third kappa shape index (κ3) is 5.21. The summed E-state index contributed by atoms with van der Waals surface area (Å²) in [6, 6.07) is 15.6. The summed E-state index contributed by atoms with van der Waals surface area (Å²) >= 11 is 5.90. The van der Waals surface area contributed by atoms with E-state index in [1.54, 1.807) is 0 Å². The average Bonchev–Trinajstić information content (AvgIpc) is 2.68. The Labute approximate surface area is 159 Å². The lowest BCUT2D eigenvalue weighted by Gasteiger charge is -2.28. The molecule has 0 aromatic heterocycles. The fourth-order valence-corrected chi connectivity index (χ4v) is 3.02. The Kier molecular flexibility index (Phi) is 6.50. The minimum atomic E-state index is -0.0649. The molecule has 26 heavy (non-hydrogen) atoms. The lowest BCUT2D eigenvalue weighted by atomic mass is 10.1. The molecule has 0 radical (unpaired) electrons.